The zero-order valence-electron chi connectivity index (χ0n) is 15.6. The number of rotatable bonds is 6. The molecule has 0 atom stereocenters. The van der Waals surface area contributed by atoms with Gasteiger partial charge < -0.3 is 5.32 Å². The minimum absolute atomic E-state index is 0.234. The van der Waals surface area contributed by atoms with E-state index >= 15 is 0 Å². The summed E-state index contributed by atoms with van der Waals surface area (Å²) in [6, 6.07) is 10.9. The zero-order chi connectivity index (χ0) is 21.1. The zero-order valence-corrected chi connectivity index (χ0v) is 16.4. The van der Waals surface area contributed by atoms with Gasteiger partial charge in [0.2, 0.25) is 15.9 Å². The summed E-state index contributed by atoms with van der Waals surface area (Å²) in [5.41, 5.74) is 0.303. The lowest BCUT2D eigenvalue weighted by molar-refractivity contribution is -0.137. The Hall–Kier alpha value is -2.55. The van der Waals surface area contributed by atoms with Gasteiger partial charge in [-0.15, -0.1) is 0 Å². The molecule has 2 aromatic carbocycles. The van der Waals surface area contributed by atoms with Crippen molar-refractivity contribution in [2.24, 2.45) is 0 Å². The molecule has 5 nitrogen and oxygen atoms in total. The van der Waals surface area contributed by atoms with Crippen molar-refractivity contribution in [1.29, 1.82) is 0 Å². The van der Waals surface area contributed by atoms with Crippen molar-refractivity contribution >= 4 is 27.3 Å². The third kappa shape index (κ3) is 5.72. The van der Waals surface area contributed by atoms with E-state index in [0.717, 1.165) is 24.0 Å². The molecule has 1 N–H and O–H groups in total. The van der Waals surface area contributed by atoms with Crippen LogP contribution in [0.15, 0.2) is 48.5 Å². The molecule has 0 aliphatic heterocycles. The van der Waals surface area contributed by atoms with E-state index in [1.54, 1.807) is 12.1 Å². The standard InChI is InChI=1S/C19H21F3N2O3S/c1-13(2)14-7-9-16(10-8-14)23-18(25)12-24(28(3,26)27)17-6-4-5-15(11-17)19(20,21)22/h4-11,13H,12H2,1-3H3,(H,23,25). The topological polar surface area (TPSA) is 66.5 Å². The summed E-state index contributed by atoms with van der Waals surface area (Å²) in [7, 11) is -3.98. The maximum absolute atomic E-state index is 12.9. The van der Waals surface area contributed by atoms with E-state index in [-0.39, 0.29) is 5.69 Å². The molecule has 28 heavy (non-hydrogen) atoms. The van der Waals surface area contributed by atoms with Crippen LogP contribution in [0.1, 0.15) is 30.9 Å². The summed E-state index contributed by atoms with van der Waals surface area (Å²) in [4.78, 5) is 12.3. The van der Waals surface area contributed by atoms with Gasteiger partial charge in [0.25, 0.3) is 0 Å². The number of anilines is 2. The normalized spacial score (nSPS) is 12.1. The second kappa shape index (κ2) is 8.22. The Bertz CT molecular complexity index is 940. The highest BCUT2D eigenvalue weighted by molar-refractivity contribution is 7.92. The Labute approximate surface area is 162 Å². The molecule has 9 heteroatoms. The monoisotopic (exact) mass is 414 g/mol. The number of nitrogens with one attached hydrogen (secondary N) is 1. The van der Waals surface area contributed by atoms with Crippen LogP contribution in [0.2, 0.25) is 0 Å². The van der Waals surface area contributed by atoms with E-state index in [2.05, 4.69) is 5.32 Å². The second-order valence-corrected chi connectivity index (χ2v) is 8.55. The van der Waals surface area contributed by atoms with E-state index in [0.29, 0.717) is 22.0 Å². The van der Waals surface area contributed by atoms with Crippen molar-refractivity contribution in [2.75, 3.05) is 22.4 Å². The van der Waals surface area contributed by atoms with Crippen LogP contribution in [-0.4, -0.2) is 27.1 Å². The Morgan fingerprint density at radius 1 is 1.11 bits per heavy atom. The molecule has 0 fully saturated rings. The van der Waals surface area contributed by atoms with Gasteiger partial charge in [-0.1, -0.05) is 32.0 Å². The van der Waals surface area contributed by atoms with E-state index in [4.69, 9.17) is 0 Å². The molecule has 0 saturated carbocycles. The number of alkyl halides is 3. The maximum atomic E-state index is 12.9. The third-order valence-corrected chi connectivity index (χ3v) is 5.15. The van der Waals surface area contributed by atoms with Gasteiger partial charge in [0, 0.05) is 5.69 Å². The van der Waals surface area contributed by atoms with E-state index in [1.165, 1.54) is 6.07 Å². The van der Waals surface area contributed by atoms with Gasteiger partial charge in [-0.2, -0.15) is 13.2 Å². The number of hydrogen-bond acceptors (Lipinski definition) is 3. The highest BCUT2D eigenvalue weighted by Crippen LogP contribution is 2.32. The fourth-order valence-electron chi connectivity index (χ4n) is 2.52. The lowest BCUT2D eigenvalue weighted by Crippen LogP contribution is -2.37. The van der Waals surface area contributed by atoms with Gasteiger partial charge in [0.05, 0.1) is 17.5 Å². The van der Waals surface area contributed by atoms with Gasteiger partial charge in [-0.05, 0) is 41.8 Å². The molecule has 0 saturated heterocycles. The lowest BCUT2D eigenvalue weighted by atomic mass is 10.0. The van der Waals surface area contributed by atoms with Crippen molar-refractivity contribution in [3.05, 3.63) is 59.7 Å². The highest BCUT2D eigenvalue weighted by Gasteiger charge is 2.32. The first-order valence-electron chi connectivity index (χ1n) is 8.42. The fraction of sp³-hybridized carbons (Fsp3) is 0.316. The number of halogens is 3. The van der Waals surface area contributed by atoms with Crippen LogP contribution in [-0.2, 0) is 21.0 Å². The molecular formula is C19H21F3N2O3S. The molecule has 1 amide bonds. The molecule has 0 bridgehead atoms. The molecule has 0 aromatic heterocycles. The number of carbonyl (C=O) groups is 1. The van der Waals surface area contributed by atoms with Gasteiger partial charge in [-0.3, -0.25) is 9.10 Å². The number of hydrogen-bond donors (Lipinski definition) is 1. The van der Waals surface area contributed by atoms with Crippen molar-refractivity contribution in [1.82, 2.24) is 0 Å². The van der Waals surface area contributed by atoms with Crippen LogP contribution in [0.3, 0.4) is 0 Å². The van der Waals surface area contributed by atoms with Crippen molar-refractivity contribution in [3.63, 3.8) is 0 Å². The first kappa shape index (κ1) is 21.7. The fourth-order valence-corrected chi connectivity index (χ4v) is 3.37. The molecule has 2 rings (SSSR count). The summed E-state index contributed by atoms with van der Waals surface area (Å²) < 4.78 is 63.5. The summed E-state index contributed by atoms with van der Waals surface area (Å²) in [5, 5.41) is 2.56. The summed E-state index contributed by atoms with van der Waals surface area (Å²) in [6.45, 7) is 3.39. The third-order valence-electron chi connectivity index (χ3n) is 4.01. The van der Waals surface area contributed by atoms with Crippen molar-refractivity contribution < 1.29 is 26.4 Å². The smallest absolute Gasteiger partial charge is 0.325 e. The molecule has 0 aliphatic carbocycles. The lowest BCUT2D eigenvalue weighted by Gasteiger charge is -2.23. The van der Waals surface area contributed by atoms with Crippen LogP contribution < -0.4 is 9.62 Å². The number of benzene rings is 2. The Balaban J connectivity index is 2.22. The molecular weight excluding hydrogens is 393 g/mol. The molecule has 2 aromatic rings. The van der Waals surface area contributed by atoms with Gasteiger partial charge >= 0.3 is 6.18 Å². The SMILES string of the molecule is CC(C)c1ccc(NC(=O)CN(c2cccc(C(F)(F)F)c2)S(C)(=O)=O)cc1. The van der Waals surface area contributed by atoms with E-state index < -0.39 is 34.2 Å². The van der Waals surface area contributed by atoms with Crippen LogP contribution in [0, 0.1) is 0 Å². The highest BCUT2D eigenvalue weighted by atomic mass is 32.2. The predicted octanol–water partition coefficient (Wildman–Crippen LogP) is 4.23. The van der Waals surface area contributed by atoms with E-state index in [9.17, 15) is 26.4 Å². The van der Waals surface area contributed by atoms with Crippen LogP contribution >= 0.6 is 0 Å². The molecule has 0 aliphatic rings. The molecule has 152 valence electrons. The van der Waals surface area contributed by atoms with Gasteiger partial charge in [-0.25, -0.2) is 8.42 Å². The summed E-state index contributed by atoms with van der Waals surface area (Å²) in [6.07, 6.45) is -3.79. The van der Waals surface area contributed by atoms with Crippen LogP contribution in [0.5, 0.6) is 0 Å². The number of nitrogens with zero attached hydrogens (tertiary/aromatic N) is 1. The molecule has 0 spiro atoms. The number of carbonyl (C=O) groups excluding carboxylic acids is 1. The predicted molar refractivity (Wildman–Crippen MR) is 103 cm³/mol. The van der Waals surface area contributed by atoms with Crippen LogP contribution in [0.25, 0.3) is 0 Å². The van der Waals surface area contributed by atoms with Crippen molar-refractivity contribution in [2.45, 2.75) is 25.9 Å². The van der Waals surface area contributed by atoms with Crippen molar-refractivity contribution in [3.8, 4) is 0 Å². The quantitative estimate of drug-likeness (QED) is 0.769. The Kier molecular flexibility index (Phi) is 6.38. The van der Waals surface area contributed by atoms with E-state index in [1.807, 2.05) is 26.0 Å². The largest absolute Gasteiger partial charge is 0.416 e. The molecule has 0 unspecified atom stereocenters. The minimum atomic E-state index is -4.63. The number of amides is 1. The second-order valence-electron chi connectivity index (χ2n) is 6.64. The molecule has 0 heterocycles. The maximum Gasteiger partial charge on any atom is 0.416 e. The molecule has 0 radical (unpaired) electrons. The minimum Gasteiger partial charge on any atom is -0.325 e. The van der Waals surface area contributed by atoms with Crippen LogP contribution in [0.4, 0.5) is 24.5 Å². The average Bonchev–Trinajstić information content (AvgIpc) is 2.58. The van der Waals surface area contributed by atoms with Gasteiger partial charge in [0.1, 0.15) is 6.54 Å². The summed E-state index contributed by atoms with van der Waals surface area (Å²) in [5.74, 6) is -0.355. The van der Waals surface area contributed by atoms with Gasteiger partial charge in [0.15, 0.2) is 0 Å². The first-order valence-corrected chi connectivity index (χ1v) is 10.3. The Morgan fingerprint density at radius 3 is 2.21 bits per heavy atom. The summed E-state index contributed by atoms with van der Waals surface area (Å²) >= 11 is 0. The first-order chi connectivity index (χ1) is 12.9. The average molecular weight is 414 g/mol. The number of sulfonamides is 1. The Morgan fingerprint density at radius 2 is 1.71 bits per heavy atom.